The van der Waals surface area contributed by atoms with Gasteiger partial charge in [-0.3, -0.25) is 0 Å². The Morgan fingerprint density at radius 2 is 1.17 bits per heavy atom. The lowest BCUT2D eigenvalue weighted by Gasteiger charge is -2.32. The molecule has 0 bridgehead atoms. The number of hydrogen-bond acceptors (Lipinski definition) is 6. The summed E-state index contributed by atoms with van der Waals surface area (Å²) in [7, 11) is 0. The van der Waals surface area contributed by atoms with E-state index in [2.05, 4.69) is 9.64 Å². The van der Waals surface area contributed by atoms with Crippen LogP contribution in [0.3, 0.4) is 0 Å². The van der Waals surface area contributed by atoms with Gasteiger partial charge in [0.05, 0.1) is 0 Å². The standard InChI is InChI=1S/C27H23F3N4O2/c28-27(29,30)36-23-13-11-21(12-14-23)35-22-15-17-34(18-16-22)26-32-24(19-7-3-1-4-8-19)31-25(33-26)20-9-5-2-6-10-20/h1-14,22H,15-18H2. The van der Waals surface area contributed by atoms with Crippen LogP contribution in [0, 0.1) is 0 Å². The van der Waals surface area contributed by atoms with Crippen LogP contribution in [0.5, 0.6) is 11.5 Å². The van der Waals surface area contributed by atoms with Crippen molar-refractivity contribution in [3.05, 3.63) is 84.9 Å². The van der Waals surface area contributed by atoms with Crippen LogP contribution in [0.1, 0.15) is 12.8 Å². The second-order valence-electron chi connectivity index (χ2n) is 8.34. The van der Waals surface area contributed by atoms with Gasteiger partial charge >= 0.3 is 6.36 Å². The number of anilines is 1. The second-order valence-corrected chi connectivity index (χ2v) is 8.34. The monoisotopic (exact) mass is 492 g/mol. The second kappa shape index (κ2) is 10.2. The number of halogens is 3. The molecule has 5 rings (SSSR count). The Kier molecular flexibility index (Phi) is 6.71. The lowest BCUT2D eigenvalue weighted by Crippen LogP contribution is -2.39. The number of nitrogens with zero attached hydrogens (tertiary/aromatic N) is 4. The van der Waals surface area contributed by atoms with Gasteiger partial charge in [-0.25, -0.2) is 4.98 Å². The average molecular weight is 493 g/mol. The van der Waals surface area contributed by atoms with Crippen molar-refractivity contribution < 1.29 is 22.6 Å². The van der Waals surface area contributed by atoms with E-state index in [4.69, 9.17) is 19.7 Å². The van der Waals surface area contributed by atoms with Gasteiger partial charge in [-0.15, -0.1) is 13.2 Å². The lowest BCUT2D eigenvalue weighted by atomic mass is 10.1. The molecule has 36 heavy (non-hydrogen) atoms. The van der Waals surface area contributed by atoms with Crippen LogP contribution in [0.15, 0.2) is 84.9 Å². The fourth-order valence-electron chi connectivity index (χ4n) is 4.02. The molecule has 0 unspecified atom stereocenters. The van der Waals surface area contributed by atoms with E-state index >= 15 is 0 Å². The number of benzene rings is 3. The molecule has 3 aromatic carbocycles. The van der Waals surface area contributed by atoms with Crippen molar-refractivity contribution in [3.8, 4) is 34.3 Å². The normalized spacial score (nSPS) is 14.5. The molecule has 0 radical (unpaired) electrons. The largest absolute Gasteiger partial charge is 0.573 e. The first-order valence-corrected chi connectivity index (χ1v) is 11.6. The van der Waals surface area contributed by atoms with Gasteiger partial charge in [0.2, 0.25) is 5.95 Å². The summed E-state index contributed by atoms with van der Waals surface area (Å²) in [5, 5.41) is 0. The van der Waals surface area contributed by atoms with E-state index in [1.807, 2.05) is 60.7 Å². The van der Waals surface area contributed by atoms with Gasteiger partial charge < -0.3 is 14.4 Å². The van der Waals surface area contributed by atoms with E-state index < -0.39 is 6.36 Å². The van der Waals surface area contributed by atoms with E-state index in [1.54, 1.807) is 0 Å². The summed E-state index contributed by atoms with van der Waals surface area (Å²) < 4.78 is 47.0. The first kappa shape index (κ1) is 23.6. The number of aromatic nitrogens is 3. The van der Waals surface area contributed by atoms with Crippen LogP contribution in [0.2, 0.25) is 0 Å². The van der Waals surface area contributed by atoms with Gasteiger partial charge in [0, 0.05) is 37.1 Å². The Morgan fingerprint density at radius 3 is 1.67 bits per heavy atom. The molecule has 0 atom stereocenters. The summed E-state index contributed by atoms with van der Waals surface area (Å²) in [6.07, 6.45) is -3.35. The van der Waals surface area contributed by atoms with Crippen LogP contribution >= 0.6 is 0 Å². The molecule has 1 aliphatic rings. The summed E-state index contributed by atoms with van der Waals surface area (Å²) in [5.74, 6) is 2.05. The van der Waals surface area contributed by atoms with E-state index in [0.29, 0.717) is 49.3 Å². The van der Waals surface area contributed by atoms with Gasteiger partial charge in [0.1, 0.15) is 17.6 Å². The molecule has 4 aromatic rings. The van der Waals surface area contributed by atoms with Gasteiger partial charge in [-0.1, -0.05) is 60.7 Å². The molecule has 0 amide bonds. The highest BCUT2D eigenvalue weighted by Gasteiger charge is 2.31. The maximum absolute atomic E-state index is 12.4. The topological polar surface area (TPSA) is 60.4 Å². The quantitative estimate of drug-likeness (QED) is 0.322. The van der Waals surface area contributed by atoms with Gasteiger partial charge in [-0.05, 0) is 24.3 Å². The first-order valence-electron chi connectivity index (χ1n) is 11.6. The molecule has 184 valence electrons. The number of ether oxygens (including phenoxy) is 2. The minimum atomic E-state index is -4.72. The van der Waals surface area contributed by atoms with E-state index in [1.165, 1.54) is 24.3 Å². The SMILES string of the molecule is FC(F)(F)Oc1ccc(OC2CCN(c3nc(-c4ccccc4)nc(-c4ccccc4)n3)CC2)cc1. The zero-order valence-electron chi connectivity index (χ0n) is 19.2. The van der Waals surface area contributed by atoms with Gasteiger partial charge in [0.25, 0.3) is 0 Å². The zero-order chi connectivity index (χ0) is 25.0. The maximum atomic E-state index is 12.4. The molecule has 0 saturated carbocycles. The number of hydrogen-bond donors (Lipinski definition) is 0. The van der Waals surface area contributed by atoms with Crippen LogP contribution in [0.4, 0.5) is 19.1 Å². The Hall–Kier alpha value is -4.14. The van der Waals surface area contributed by atoms with Crippen LogP contribution in [0.25, 0.3) is 22.8 Å². The highest BCUT2D eigenvalue weighted by Crippen LogP contribution is 2.28. The van der Waals surface area contributed by atoms with E-state index in [-0.39, 0.29) is 11.9 Å². The molecule has 2 heterocycles. The third-order valence-electron chi connectivity index (χ3n) is 5.77. The fraction of sp³-hybridized carbons (Fsp3) is 0.222. The molecule has 0 aliphatic carbocycles. The van der Waals surface area contributed by atoms with Crippen molar-refractivity contribution in [1.29, 1.82) is 0 Å². The molecule has 0 N–H and O–H groups in total. The smallest absolute Gasteiger partial charge is 0.490 e. The Labute approximate surface area is 206 Å². The minimum Gasteiger partial charge on any atom is -0.490 e. The highest BCUT2D eigenvalue weighted by molar-refractivity contribution is 5.63. The Morgan fingerprint density at radius 1 is 0.667 bits per heavy atom. The molecular formula is C27H23F3N4O2. The summed E-state index contributed by atoms with van der Waals surface area (Å²) in [5.41, 5.74) is 1.82. The lowest BCUT2D eigenvalue weighted by molar-refractivity contribution is -0.274. The van der Waals surface area contributed by atoms with Crippen molar-refractivity contribution >= 4 is 5.95 Å². The summed E-state index contributed by atoms with van der Waals surface area (Å²) in [4.78, 5) is 16.3. The molecule has 6 nitrogen and oxygen atoms in total. The molecule has 9 heteroatoms. The Bertz CT molecular complexity index is 1220. The van der Waals surface area contributed by atoms with Gasteiger partial charge in [0.15, 0.2) is 11.6 Å². The third kappa shape index (κ3) is 5.91. The molecule has 0 spiro atoms. The van der Waals surface area contributed by atoms with Crippen molar-refractivity contribution in [2.75, 3.05) is 18.0 Å². The van der Waals surface area contributed by atoms with Crippen molar-refractivity contribution in [2.45, 2.75) is 25.3 Å². The number of piperidine rings is 1. The van der Waals surface area contributed by atoms with Crippen molar-refractivity contribution in [3.63, 3.8) is 0 Å². The summed E-state index contributed by atoms with van der Waals surface area (Å²) >= 11 is 0. The van der Waals surface area contributed by atoms with Crippen LogP contribution in [-0.4, -0.2) is 40.5 Å². The number of alkyl halides is 3. The zero-order valence-corrected chi connectivity index (χ0v) is 19.2. The average Bonchev–Trinajstić information content (AvgIpc) is 2.90. The van der Waals surface area contributed by atoms with E-state index in [9.17, 15) is 13.2 Å². The fourth-order valence-corrected chi connectivity index (χ4v) is 4.02. The molecular weight excluding hydrogens is 469 g/mol. The predicted molar refractivity (Wildman–Crippen MR) is 130 cm³/mol. The van der Waals surface area contributed by atoms with Crippen molar-refractivity contribution in [2.24, 2.45) is 0 Å². The molecule has 1 aromatic heterocycles. The summed E-state index contributed by atoms with van der Waals surface area (Å²) in [6, 6.07) is 25.1. The maximum Gasteiger partial charge on any atom is 0.573 e. The molecule has 1 aliphatic heterocycles. The summed E-state index contributed by atoms with van der Waals surface area (Å²) in [6.45, 7) is 1.35. The highest BCUT2D eigenvalue weighted by atomic mass is 19.4. The number of rotatable bonds is 6. The first-order chi connectivity index (χ1) is 17.4. The molecule has 1 saturated heterocycles. The van der Waals surface area contributed by atoms with Gasteiger partial charge in [-0.2, -0.15) is 9.97 Å². The minimum absolute atomic E-state index is 0.0698. The van der Waals surface area contributed by atoms with Crippen LogP contribution in [-0.2, 0) is 0 Å². The predicted octanol–water partition coefficient (Wildman–Crippen LogP) is 6.15. The van der Waals surface area contributed by atoms with E-state index in [0.717, 1.165) is 11.1 Å². The Balaban J connectivity index is 1.29. The van der Waals surface area contributed by atoms with Crippen LogP contribution < -0.4 is 14.4 Å². The van der Waals surface area contributed by atoms with Crippen molar-refractivity contribution in [1.82, 2.24) is 15.0 Å². The third-order valence-corrected chi connectivity index (χ3v) is 5.77. The molecule has 1 fully saturated rings.